The molecule has 0 radical (unpaired) electrons. The number of carbonyl (C=O) groups is 1. The number of para-hydroxylation sites is 1. The Labute approximate surface area is 230 Å². The Balaban J connectivity index is 1.24. The van der Waals surface area contributed by atoms with Crippen LogP contribution in [0.25, 0.3) is 0 Å². The van der Waals surface area contributed by atoms with E-state index in [2.05, 4.69) is 57.5 Å². The van der Waals surface area contributed by atoms with E-state index in [4.69, 9.17) is 11.6 Å². The normalized spacial score (nSPS) is 13.9. The van der Waals surface area contributed by atoms with Crippen molar-refractivity contribution in [1.82, 2.24) is 29.8 Å². The number of anilines is 4. The van der Waals surface area contributed by atoms with Crippen LogP contribution >= 0.6 is 22.9 Å². The van der Waals surface area contributed by atoms with Crippen molar-refractivity contribution in [3.05, 3.63) is 75.8 Å². The fraction of sp³-hybridized carbons (Fsp3) is 0.308. The Kier molecular flexibility index (Phi) is 8.06. The maximum absolute atomic E-state index is 12.8. The van der Waals surface area contributed by atoms with Crippen LogP contribution in [0.3, 0.4) is 0 Å². The van der Waals surface area contributed by atoms with E-state index in [1.165, 1.54) is 23.1 Å². The maximum atomic E-state index is 12.8. The smallest absolute Gasteiger partial charge is 0.267 e. The molecule has 3 aromatic heterocycles. The number of pyridine rings is 1. The van der Waals surface area contributed by atoms with Crippen LogP contribution in [0.5, 0.6) is 0 Å². The van der Waals surface area contributed by atoms with Crippen LogP contribution < -0.4 is 15.5 Å². The highest BCUT2D eigenvalue weighted by molar-refractivity contribution is 7.17. The first-order valence-electron chi connectivity index (χ1n) is 12.4. The first-order valence-corrected chi connectivity index (χ1v) is 13.6. The second-order valence-electron chi connectivity index (χ2n) is 8.89. The number of hydrogen-bond donors (Lipinski definition) is 2. The Hall–Kier alpha value is -3.67. The predicted octanol–water partition coefficient (Wildman–Crippen LogP) is 4.57. The standard InChI is InChI=1S/C26H28ClN9OS/c1-3-21-30-24(33-25(31-21)36-13-11-35(12-14-36)16-18-7-9-28-10-8-18)34-26-29-15-20(38-26)23(37)32-22-17(2)5-4-6-19(22)27/h4-10,15H,3,11-14,16H2,1-2H3,(H,32,37)(H,29,30,31,33,34). The fourth-order valence-electron chi connectivity index (χ4n) is 4.11. The van der Waals surface area contributed by atoms with Crippen molar-refractivity contribution in [2.75, 3.05) is 41.7 Å². The van der Waals surface area contributed by atoms with Gasteiger partial charge in [-0.15, -0.1) is 0 Å². The number of rotatable bonds is 8. The fourth-order valence-corrected chi connectivity index (χ4v) is 5.09. The number of benzene rings is 1. The lowest BCUT2D eigenvalue weighted by Gasteiger charge is -2.34. The summed E-state index contributed by atoms with van der Waals surface area (Å²) in [6.45, 7) is 8.27. The van der Waals surface area contributed by atoms with Gasteiger partial charge in [-0.05, 0) is 36.2 Å². The summed E-state index contributed by atoms with van der Waals surface area (Å²) in [6, 6.07) is 9.59. The van der Waals surface area contributed by atoms with Crippen molar-refractivity contribution in [2.24, 2.45) is 0 Å². The molecule has 0 atom stereocenters. The molecule has 0 saturated carbocycles. The molecular weight excluding hydrogens is 522 g/mol. The second-order valence-corrected chi connectivity index (χ2v) is 10.3. The van der Waals surface area contributed by atoms with E-state index in [9.17, 15) is 4.79 Å². The van der Waals surface area contributed by atoms with Gasteiger partial charge in [0, 0.05) is 51.5 Å². The molecule has 1 amide bonds. The highest BCUT2D eigenvalue weighted by Gasteiger charge is 2.21. The predicted molar refractivity (Wildman–Crippen MR) is 150 cm³/mol. The number of carbonyl (C=O) groups excluding carboxylic acids is 1. The van der Waals surface area contributed by atoms with E-state index in [0.717, 1.165) is 38.3 Å². The summed E-state index contributed by atoms with van der Waals surface area (Å²) in [5.41, 5.74) is 2.74. The Morgan fingerprint density at radius 1 is 1.08 bits per heavy atom. The summed E-state index contributed by atoms with van der Waals surface area (Å²) >= 11 is 7.48. The topological polar surface area (TPSA) is 112 Å². The monoisotopic (exact) mass is 549 g/mol. The molecule has 2 N–H and O–H groups in total. The van der Waals surface area contributed by atoms with Crippen LogP contribution in [-0.2, 0) is 13.0 Å². The molecule has 0 spiro atoms. The van der Waals surface area contributed by atoms with Gasteiger partial charge in [-0.1, -0.05) is 42.0 Å². The van der Waals surface area contributed by atoms with Crippen molar-refractivity contribution in [3.8, 4) is 0 Å². The van der Waals surface area contributed by atoms with Crippen molar-refractivity contribution >= 4 is 51.6 Å². The molecule has 1 aromatic carbocycles. The van der Waals surface area contributed by atoms with E-state index < -0.39 is 0 Å². The zero-order valence-corrected chi connectivity index (χ0v) is 22.8. The molecule has 0 bridgehead atoms. The lowest BCUT2D eigenvalue weighted by atomic mass is 10.2. The molecule has 0 aliphatic carbocycles. The van der Waals surface area contributed by atoms with E-state index in [1.807, 2.05) is 38.4 Å². The first-order chi connectivity index (χ1) is 18.5. The summed E-state index contributed by atoms with van der Waals surface area (Å²) in [6.07, 6.45) is 5.86. The zero-order valence-electron chi connectivity index (χ0n) is 21.2. The van der Waals surface area contributed by atoms with Gasteiger partial charge < -0.3 is 10.2 Å². The molecule has 1 saturated heterocycles. The molecule has 4 aromatic rings. The van der Waals surface area contributed by atoms with Gasteiger partial charge in [0.1, 0.15) is 10.7 Å². The third-order valence-electron chi connectivity index (χ3n) is 6.21. The number of aryl methyl sites for hydroxylation is 2. The zero-order chi connectivity index (χ0) is 26.5. The van der Waals surface area contributed by atoms with Crippen LogP contribution in [0.2, 0.25) is 5.02 Å². The number of hydrogen-bond acceptors (Lipinski definition) is 10. The summed E-state index contributed by atoms with van der Waals surface area (Å²) in [5, 5.41) is 7.05. The van der Waals surface area contributed by atoms with Gasteiger partial charge in [0.25, 0.3) is 5.91 Å². The molecule has 10 nitrogen and oxygen atoms in total. The largest absolute Gasteiger partial charge is 0.338 e. The lowest BCUT2D eigenvalue weighted by Crippen LogP contribution is -2.46. The summed E-state index contributed by atoms with van der Waals surface area (Å²) in [4.78, 5) is 40.2. The van der Waals surface area contributed by atoms with Crippen molar-refractivity contribution < 1.29 is 4.79 Å². The van der Waals surface area contributed by atoms with Gasteiger partial charge in [0.2, 0.25) is 11.9 Å². The molecular formula is C26H28ClN9OS. The van der Waals surface area contributed by atoms with Crippen LogP contribution in [0.1, 0.15) is 33.5 Å². The van der Waals surface area contributed by atoms with E-state index >= 15 is 0 Å². The van der Waals surface area contributed by atoms with Gasteiger partial charge in [-0.3, -0.25) is 20.0 Å². The Morgan fingerprint density at radius 2 is 1.87 bits per heavy atom. The molecule has 12 heteroatoms. The van der Waals surface area contributed by atoms with Gasteiger partial charge in [-0.25, -0.2) is 4.98 Å². The molecule has 4 heterocycles. The minimum atomic E-state index is -0.276. The molecule has 1 aliphatic heterocycles. The number of nitrogens with one attached hydrogen (secondary N) is 2. The number of amides is 1. The van der Waals surface area contributed by atoms with E-state index in [-0.39, 0.29) is 5.91 Å². The minimum Gasteiger partial charge on any atom is -0.338 e. The van der Waals surface area contributed by atoms with Gasteiger partial charge >= 0.3 is 0 Å². The number of aromatic nitrogens is 5. The van der Waals surface area contributed by atoms with Gasteiger partial charge in [0.05, 0.1) is 16.9 Å². The van der Waals surface area contributed by atoms with E-state index in [0.29, 0.717) is 44.9 Å². The van der Waals surface area contributed by atoms with Crippen LogP contribution in [0.15, 0.2) is 48.9 Å². The molecule has 196 valence electrons. The van der Waals surface area contributed by atoms with Crippen LogP contribution in [0, 0.1) is 6.92 Å². The third-order valence-corrected chi connectivity index (χ3v) is 7.43. The van der Waals surface area contributed by atoms with Crippen molar-refractivity contribution in [3.63, 3.8) is 0 Å². The Bertz CT molecular complexity index is 1390. The van der Waals surface area contributed by atoms with E-state index in [1.54, 1.807) is 6.07 Å². The average Bonchev–Trinajstić information content (AvgIpc) is 3.40. The maximum Gasteiger partial charge on any atom is 0.267 e. The van der Waals surface area contributed by atoms with Crippen LogP contribution in [0.4, 0.5) is 22.7 Å². The number of piperazine rings is 1. The quantitative estimate of drug-likeness (QED) is 0.326. The minimum absolute atomic E-state index is 0.276. The highest BCUT2D eigenvalue weighted by atomic mass is 35.5. The molecule has 1 fully saturated rings. The Morgan fingerprint density at radius 3 is 2.61 bits per heavy atom. The molecule has 1 aliphatic rings. The number of nitrogens with zero attached hydrogens (tertiary/aromatic N) is 7. The summed E-state index contributed by atoms with van der Waals surface area (Å²) in [7, 11) is 0. The van der Waals surface area contributed by atoms with Crippen LogP contribution in [-0.4, -0.2) is 61.9 Å². The SMILES string of the molecule is CCc1nc(Nc2ncc(C(=O)Nc3c(C)cccc3Cl)s2)nc(N2CCN(Cc3ccncc3)CC2)n1. The summed E-state index contributed by atoms with van der Waals surface area (Å²) < 4.78 is 0. The number of halogens is 1. The third kappa shape index (κ3) is 6.24. The second kappa shape index (κ2) is 11.8. The van der Waals surface area contributed by atoms with Gasteiger partial charge in [0.15, 0.2) is 5.13 Å². The molecule has 0 unspecified atom stereocenters. The average molecular weight is 550 g/mol. The van der Waals surface area contributed by atoms with Gasteiger partial charge in [-0.2, -0.15) is 15.0 Å². The summed E-state index contributed by atoms with van der Waals surface area (Å²) in [5.74, 6) is 1.48. The van der Waals surface area contributed by atoms with Crippen molar-refractivity contribution in [2.45, 2.75) is 26.8 Å². The number of thiazole rings is 1. The highest BCUT2D eigenvalue weighted by Crippen LogP contribution is 2.28. The molecule has 38 heavy (non-hydrogen) atoms. The van der Waals surface area contributed by atoms with Crippen molar-refractivity contribution in [1.29, 1.82) is 0 Å². The molecule has 5 rings (SSSR count). The lowest BCUT2D eigenvalue weighted by molar-refractivity contribution is 0.103. The first kappa shape index (κ1) is 26.0.